The second kappa shape index (κ2) is 4.77. The Kier molecular flexibility index (Phi) is 3.88. The molecule has 0 heterocycles. The van der Waals surface area contributed by atoms with Crippen LogP contribution in [0.15, 0.2) is 34.3 Å². The van der Waals surface area contributed by atoms with E-state index in [0.717, 1.165) is 4.90 Å². The largest absolute Gasteiger partial charge is 0.409 e. The molecule has 0 radical (unpaired) electrons. The van der Waals surface area contributed by atoms with Crippen LogP contribution < -0.4 is 5.73 Å². The van der Waals surface area contributed by atoms with Crippen LogP contribution >= 0.6 is 23.4 Å². The SMILES string of the molecule is CC(C)(Sc1ccc(Cl)cc1)/C(N)=N/O. The highest BCUT2D eigenvalue weighted by Crippen LogP contribution is 2.32. The molecule has 0 aromatic heterocycles. The first-order valence-electron chi connectivity index (χ1n) is 4.38. The molecule has 0 atom stereocenters. The van der Waals surface area contributed by atoms with E-state index in [1.54, 1.807) is 0 Å². The summed E-state index contributed by atoms with van der Waals surface area (Å²) < 4.78 is -0.442. The Labute approximate surface area is 98.3 Å². The fourth-order valence-electron chi connectivity index (χ4n) is 0.970. The molecule has 0 saturated carbocycles. The van der Waals surface area contributed by atoms with E-state index in [1.807, 2.05) is 38.1 Å². The van der Waals surface area contributed by atoms with Crippen molar-refractivity contribution in [2.45, 2.75) is 23.5 Å². The van der Waals surface area contributed by atoms with Crippen LogP contribution in [0.2, 0.25) is 5.02 Å². The van der Waals surface area contributed by atoms with Crippen LogP contribution in [-0.2, 0) is 0 Å². The maximum absolute atomic E-state index is 8.62. The van der Waals surface area contributed by atoms with Crippen LogP contribution in [0.1, 0.15) is 13.8 Å². The number of nitrogens with zero attached hydrogens (tertiary/aromatic N) is 1. The third-order valence-electron chi connectivity index (χ3n) is 1.91. The molecule has 0 spiro atoms. The van der Waals surface area contributed by atoms with Crippen molar-refractivity contribution in [3.8, 4) is 0 Å². The van der Waals surface area contributed by atoms with E-state index in [0.29, 0.717) is 5.02 Å². The third kappa shape index (κ3) is 3.32. The highest BCUT2D eigenvalue weighted by molar-refractivity contribution is 8.01. The van der Waals surface area contributed by atoms with Gasteiger partial charge in [0.15, 0.2) is 5.84 Å². The smallest absolute Gasteiger partial charge is 0.155 e. The zero-order valence-electron chi connectivity index (χ0n) is 8.57. The number of amidine groups is 1. The maximum atomic E-state index is 8.62. The molecule has 5 heteroatoms. The Morgan fingerprint density at radius 1 is 1.40 bits per heavy atom. The monoisotopic (exact) mass is 244 g/mol. The fraction of sp³-hybridized carbons (Fsp3) is 0.300. The molecule has 82 valence electrons. The molecule has 15 heavy (non-hydrogen) atoms. The average molecular weight is 245 g/mol. The number of hydrogen-bond acceptors (Lipinski definition) is 3. The van der Waals surface area contributed by atoms with Gasteiger partial charge in [-0.3, -0.25) is 0 Å². The molecule has 0 saturated heterocycles. The van der Waals surface area contributed by atoms with Gasteiger partial charge in [-0.25, -0.2) is 0 Å². The lowest BCUT2D eigenvalue weighted by Crippen LogP contribution is -2.35. The first-order chi connectivity index (χ1) is 6.95. The van der Waals surface area contributed by atoms with Crippen LogP contribution in [0, 0.1) is 0 Å². The summed E-state index contributed by atoms with van der Waals surface area (Å²) in [7, 11) is 0. The molecule has 3 nitrogen and oxygen atoms in total. The number of oxime groups is 1. The van der Waals surface area contributed by atoms with E-state index in [4.69, 9.17) is 22.5 Å². The highest BCUT2D eigenvalue weighted by atomic mass is 35.5. The lowest BCUT2D eigenvalue weighted by atomic mass is 10.2. The second-order valence-electron chi connectivity index (χ2n) is 3.55. The van der Waals surface area contributed by atoms with Crippen molar-refractivity contribution in [1.82, 2.24) is 0 Å². The summed E-state index contributed by atoms with van der Waals surface area (Å²) in [5, 5.41) is 12.3. The van der Waals surface area contributed by atoms with E-state index in [2.05, 4.69) is 5.16 Å². The number of nitrogens with two attached hydrogens (primary N) is 1. The summed E-state index contributed by atoms with van der Waals surface area (Å²) >= 11 is 7.29. The van der Waals surface area contributed by atoms with Gasteiger partial charge in [-0.2, -0.15) is 0 Å². The molecule has 0 bridgehead atoms. The normalized spacial score (nSPS) is 12.9. The van der Waals surface area contributed by atoms with E-state index in [9.17, 15) is 0 Å². The third-order valence-corrected chi connectivity index (χ3v) is 3.39. The highest BCUT2D eigenvalue weighted by Gasteiger charge is 2.24. The topological polar surface area (TPSA) is 58.6 Å². The number of hydrogen-bond donors (Lipinski definition) is 2. The maximum Gasteiger partial charge on any atom is 0.155 e. The summed E-state index contributed by atoms with van der Waals surface area (Å²) in [5.41, 5.74) is 5.58. The number of rotatable bonds is 3. The van der Waals surface area contributed by atoms with Crippen molar-refractivity contribution in [2.24, 2.45) is 10.9 Å². The number of halogens is 1. The molecule has 0 fully saturated rings. The zero-order valence-corrected chi connectivity index (χ0v) is 10.1. The minimum atomic E-state index is -0.442. The van der Waals surface area contributed by atoms with Crippen molar-refractivity contribution < 1.29 is 5.21 Å². The van der Waals surface area contributed by atoms with Gasteiger partial charge in [0.25, 0.3) is 0 Å². The zero-order chi connectivity index (χ0) is 11.5. The molecule has 0 unspecified atom stereocenters. The lowest BCUT2D eigenvalue weighted by molar-refractivity contribution is 0.316. The Morgan fingerprint density at radius 2 is 1.93 bits per heavy atom. The van der Waals surface area contributed by atoms with Gasteiger partial charge >= 0.3 is 0 Å². The van der Waals surface area contributed by atoms with E-state index >= 15 is 0 Å². The van der Waals surface area contributed by atoms with Crippen LogP contribution in [0.5, 0.6) is 0 Å². The second-order valence-corrected chi connectivity index (χ2v) is 5.68. The van der Waals surface area contributed by atoms with Gasteiger partial charge in [0, 0.05) is 9.92 Å². The fourth-order valence-corrected chi connectivity index (χ4v) is 2.10. The standard InChI is InChI=1S/C10H13ClN2OS/c1-10(2,9(12)13-14)15-8-5-3-7(11)4-6-8/h3-6,14H,1-2H3,(H2,12,13). The van der Waals surface area contributed by atoms with Crippen molar-refractivity contribution in [3.05, 3.63) is 29.3 Å². The molecule has 0 aliphatic rings. The molecular weight excluding hydrogens is 232 g/mol. The van der Waals surface area contributed by atoms with Gasteiger partial charge in [0.1, 0.15) is 0 Å². The first kappa shape index (κ1) is 12.2. The van der Waals surface area contributed by atoms with E-state index < -0.39 is 4.75 Å². The first-order valence-corrected chi connectivity index (χ1v) is 5.58. The summed E-state index contributed by atoms with van der Waals surface area (Å²) in [6, 6.07) is 7.43. The van der Waals surface area contributed by atoms with Crippen LogP contribution in [0.25, 0.3) is 0 Å². The molecule has 0 aliphatic carbocycles. The van der Waals surface area contributed by atoms with E-state index in [-0.39, 0.29) is 5.84 Å². The molecule has 1 rings (SSSR count). The molecular formula is C10H13ClN2OS. The number of thioether (sulfide) groups is 1. The molecule has 1 aromatic rings. The van der Waals surface area contributed by atoms with Gasteiger partial charge < -0.3 is 10.9 Å². The summed E-state index contributed by atoms with van der Waals surface area (Å²) in [6.45, 7) is 3.78. The van der Waals surface area contributed by atoms with Gasteiger partial charge in [-0.1, -0.05) is 16.8 Å². The van der Waals surface area contributed by atoms with Gasteiger partial charge in [0.05, 0.1) is 4.75 Å². The summed E-state index contributed by atoms with van der Waals surface area (Å²) in [5.74, 6) is 0.197. The van der Waals surface area contributed by atoms with Crippen LogP contribution in [0.4, 0.5) is 0 Å². The lowest BCUT2D eigenvalue weighted by Gasteiger charge is -2.21. The quantitative estimate of drug-likeness (QED) is 0.283. The van der Waals surface area contributed by atoms with Crippen LogP contribution in [-0.4, -0.2) is 15.8 Å². The predicted molar refractivity (Wildman–Crippen MR) is 64.8 cm³/mol. The van der Waals surface area contributed by atoms with Gasteiger partial charge in [-0.05, 0) is 38.1 Å². The Bertz CT molecular complexity index is 362. The van der Waals surface area contributed by atoms with Crippen molar-refractivity contribution in [3.63, 3.8) is 0 Å². The van der Waals surface area contributed by atoms with Crippen LogP contribution in [0.3, 0.4) is 0 Å². The Hall–Kier alpha value is -0.870. The molecule has 0 aliphatic heterocycles. The Morgan fingerprint density at radius 3 is 2.40 bits per heavy atom. The number of benzene rings is 1. The molecule has 1 aromatic carbocycles. The predicted octanol–water partition coefficient (Wildman–Crippen LogP) is 2.96. The van der Waals surface area contributed by atoms with Crippen molar-refractivity contribution in [1.29, 1.82) is 0 Å². The minimum Gasteiger partial charge on any atom is -0.409 e. The minimum absolute atomic E-state index is 0.197. The van der Waals surface area contributed by atoms with Crippen molar-refractivity contribution >= 4 is 29.2 Å². The van der Waals surface area contributed by atoms with Crippen molar-refractivity contribution in [2.75, 3.05) is 0 Å². The summed E-state index contributed by atoms with van der Waals surface area (Å²) in [6.07, 6.45) is 0. The van der Waals surface area contributed by atoms with Gasteiger partial charge in [0.2, 0.25) is 0 Å². The Balaban J connectivity index is 2.82. The van der Waals surface area contributed by atoms with E-state index in [1.165, 1.54) is 11.8 Å². The van der Waals surface area contributed by atoms with Gasteiger partial charge in [-0.15, -0.1) is 11.8 Å². The summed E-state index contributed by atoms with van der Waals surface area (Å²) in [4.78, 5) is 1.02. The molecule has 3 N–H and O–H groups in total. The average Bonchev–Trinajstić information content (AvgIpc) is 2.20. The molecule has 0 amide bonds.